The van der Waals surface area contributed by atoms with Gasteiger partial charge in [-0.3, -0.25) is 9.59 Å². The van der Waals surface area contributed by atoms with Gasteiger partial charge in [0.25, 0.3) is 5.91 Å². The molecular formula is C21H23ClN3O2+. The summed E-state index contributed by atoms with van der Waals surface area (Å²) in [7, 11) is 0. The lowest BCUT2D eigenvalue weighted by Crippen LogP contribution is -3.19. The summed E-state index contributed by atoms with van der Waals surface area (Å²) >= 11 is 6.10. The minimum atomic E-state index is -0.279. The van der Waals surface area contributed by atoms with Crippen LogP contribution in [0.5, 0.6) is 0 Å². The lowest BCUT2D eigenvalue weighted by molar-refractivity contribution is -0.915. The third kappa shape index (κ3) is 3.45. The molecule has 1 atom stereocenters. The number of carbonyl (C=O) groups excluding carboxylic acids is 2. The Bertz CT molecular complexity index is 877. The van der Waals surface area contributed by atoms with E-state index in [9.17, 15) is 9.59 Å². The fraction of sp³-hybridized carbons (Fsp3) is 0.333. The van der Waals surface area contributed by atoms with Crippen LogP contribution in [0.1, 0.15) is 12.0 Å². The SMILES string of the molecule is Cc1ccccc1N1C(=O)C[C@H]([NH+]2CCN(c3cccc(Cl)c3)CC2)C1=O. The Balaban J connectivity index is 1.45. The fourth-order valence-electron chi connectivity index (χ4n) is 4.09. The number of nitrogens with one attached hydrogen (secondary N) is 1. The van der Waals surface area contributed by atoms with Gasteiger partial charge in [-0.1, -0.05) is 35.9 Å². The van der Waals surface area contributed by atoms with Crippen molar-refractivity contribution in [3.8, 4) is 0 Å². The van der Waals surface area contributed by atoms with E-state index in [0.29, 0.717) is 12.1 Å². The Hall–Kier alpha value is -2.37. The van der Waals surface area contributed by atoms with Crippen LogP contribution in [0.2, 0.25) is 5.02 Å². The zero-order valence-electron chi connectivity index (χ0n) is 15.3. The van der Waals surface area contributed by atoms with Gasteiger partial charge >= 0.3 is 0 Å². The Labute approximate surface area is 164 Å². The quantitative estimate of drug-likeness (QED) is 0.819. The minimum absolute atomic E-state index is 0.0690. The highest BCUT2D eigenvalue weighted by Crippen LogP contribution is 2.25. The number of piperazine rings is 1. The van der Waals surface area contributed by atoms with E-state index in [4.69, 9.17) is 11.6 Å². The second-order valence-corrected chi connectivity index (χ2v) is 7.67. The van der Waals surface area contributed by atoms with Gasteiger partial charge in [-0.25, -0.2) is 4.90 Å². The lowest BCUT2D eigenvalue weighted by atomic mass is 10.1. The Morgan fingerprint density at radius 2 is 1.78 bits per heavy atom. The third-order valence-electron chi connectivity index (χ3n) is 5.57. The molecule has 2 heterocycles. The van der Waals surface area contributed by atoms with E-state index in [2.05, 4.69) is 11.0 Å². The van der Waals surface area contributed by atoms with Crippen LogP contribution in [0.25, 0.3) is 0 Å². The molecule has 0 spiro atoms. The molecule has 0 unspecified atom stereocenters. The van der Waals surface area contributed by atoms with E-state index >= 15 is 0 Å². The number of hydrogen-bond acceptors (Lipinski definition) is 3. The number of quaternary nitrogens is 1. The van der Waals surface area contributed by atoms with E-state index < -0.39 is 0 Å². The first-order valence-corrected chi connectivity index (χ1v) is 9.70. The van der Waals surface area contributed by atoms with E-state index in [-0.39, 0.29) is 17.9 Å². The zero-order valence-corrected chi connectivity index (χ0v) is 16.1. The normalized spacial score (nSPS) is 21.2. The van der Waals surface area contributed by atoms with Crippen molar-refractivity contribution in [2.24, 2.45) is 0 Å². The van der Waals surface area contributed by atoms with Crippen molar-refractivity contribution in [3.63, 3.8) is 0 Å². The van der Waals surface area contributed by atoms with Gasteiger partial charge in [-0.05, 0) is 36.8 Å². The molecule has 140 valence electrons. The summed E-state index contributed by atoms with van der Waals surface area (Å²) in [6.07, 6.45) is 0.291. The monoisotopic (exact) mass is 384 g/mol. The highest BCUT2D eigenvalue weighted by molar-refractivity contribution is 6.30. The summed E-state index contributed by atoms with van der Waals surface area (Å²) in [6.45, 7) is 5.28. The first kappa shape index (κ1) is 18.0. The summed E-state index contributed by atoms with van der Waals surface area (Å²) < 4.78 is 0. The number of para-hydroxylation sites is 1. The van der Waals surface area contributed by atoms with E-state index in [1.807, 2.05) is 49.4 Å². The molecule has 2 fully saturated rings. The average Bonchev–Trinajstić information content (AvgIpc) is 2.97. The van der Waals surface area contributed by atoms with Crippen molar-refractivity contribution in [2.75, 3.05) is 36.0 Å². The van der Waals surface area contributed by atoms with Crippen LogP contribution in [0.3, 0.4) is 0 Å². The van der Waals surface area contributed by atoms with Crippen molar-refractivity contribution in [3.05, 3.63) is 59.1 Å². The first-order chi connectivity index (χ1) is 13.0. The predicted molar refractivity (Wildman–Crippen MR) is 106 cm³/mol. The van der Waals surface area contributed by atoms with Crippen LogP contribution in [0.15, 0.2) is 48.5 Å². The number of carbonyl (C=O) groups is 2. The highest BCUT2D eigenvalue weighted by Gasteiger charge is 2.46. The van der Waals surface area contributed by atoms with Crippen molar-refractivity contribution in [2.45, 2.75) is 19.4 Å². The van der Waals surface area contributed by atoms with Gasteiger partial charge in [0.15, 0.2) is 6.04 Å². The number of rotatable bonds is 3. The van der Waals surface area contributed by atoms with Gasteiger partial charge in [0.2, 0.25) is 5.91 Å². The molecule has 0 saturated carbocycles. The van der Waals surface area contributed by atoms with Gasteiger partial charge in [-0.15, -0.1) is 0 Å². The maximum atomic E-state index is 13.0. The smallest absolute Gasteiger partial charge is 0.292 e. The number of hydrogen-bond donors (Lipinski definition) is 1. The number of amides is 2. The number of nitrogens with zero attached hydrogens (tertiary/aromatic N) is 2. The molecule has 6 heteroatoms. The van der Waals surface area contributed by atoms with Crippen molar-refractivity contribution >= 4 is 34.8 Å². The molecule has 2 aliphatic heterocycles. The summed E-state index contributed by atoms with van der Waals surface area (Å²) in [5.41, 5.74) is 2.77. The maximum absolute atomic E-state index is 13.0. The van der Waals surface area contributed by atoms with Crippen molar-refractivity contribution < 1.29 is 14.5 Å². The highest BCUT2D eigenvalue weighted by atomic mass is 35.5. The Morgan fingerprint density at radius 3 is 2.48 bits per heavy atom. The molecule has 4 rings (SSSR count). The Kier molecular flexibility index (Phi) is 4.89. The van der Waals surface area contributed by atoms with E-state index in [1.54, 1.807) is 0 Å². The molecule has 0 radical (unpaired) electrons. The summed E-state index contributed by atoms with van der Waals surface area (Å²) in [4.78, 5) is 30.5. The topological polar surface area (TPSA) is 45.1 Å². The van der Waals surface area contributed by atoms with Crippen LogP contribution in [0.4, 0.5) is 11.4 Å². The van der Waals surface area contributed by atoms with Crippen LogP contribution in [-0.4, -0.2) is 44.0 Å². The molecule has 5 nitrogen and oxygen atoms in total. The standard InChI is InChI=1S/C21H22ClN3O2/c1-15-5-2-3-8-18(15)25-20(26)14-19(21(25)27)24-11-9-23(10-12-24)17-7-4-6-16(22)13-17/h2-8,13,19H,9-12,14H2,1H3/p+1/t19-/m0/s1. The molecule has 0 bridgehead atoms. The molecule has 2 aromatic carbocycles. The van der Waals surface area contributed by atoms with Crippen LogP contribution >= 0.6 is 11.6 Å². The molecule has 27 heavy (non-hydrogen) atoms. The summed E-state index contributed by atoms with van der Waals surface area (Å²) in [6, 6.07) is 15.1. The van der Waals surface area contributed by atoms with Gasteiger partial charge in [0.1, 0.15) is 0 Å². The van der Waals surface area contributed by atoms with Crippen LogP contribution in [-0.2, 0) is 9.59 Å². The van der Waals surface area contributed by atoms with Gasteiger partial charge in [0, 0.05) is 10.7 Å². The summed E-state index contributed by atoms with van der Waals surface area (Å²) in [5.74, 6) is -0.162. The van der Waals surface area contributed by atoms with E-state index in [0.717, 1.165) is 42.5 Å². The molecule has 2 aliphatic rings. The number of halogens is 1. The second kappa shape index (κ2) is 7.33. The third-order valence-corrected chi connectivity index (χ3v) is 5.81. The number of imide groups is 1. The first-order valence-electron chi connectivity index (χ1n) is 9.32. The largest absolute Gasteiger partial charge is 0.360 e. The van der Waals surface area contributed by atoms with Crippen LogP contribution in [0, 0.1) is 6.92 Å². The van der Waals surface area contributed by atoms with Crippen LogP contribution < -0.4 is 14.7 Å². The predicted octanol–water partition coefficient (Wildman–Crippen LogP) is 1.69. The van der Waals surface area contributed by atoms with Gasteiger partial charge < -0.3 is 9.80 Å². The van der Waals surface area contributed by atoms with Gasteiger partial charge in [-0.2, -0.15) is 0 Å². The van der Waals surface area contributed by atoms with Crippen molar-refractivity contribution in [1.82, 2.24) is 0 Å². The minimum Gasteiger partial charge on any atom is -0.360 e. The fourth-order valence-corrected chi connectivity index (χ4v) is 4.28. The van der Waals surface area contributed by atoms with Crippen molar-refractivity contribution in [1.29, 1.82) is 0 Å². The summed E-state index contributed by atoms with van der Waals surface area (Å²) in [5, 5.41) is 0.729. The molecule has 2 saturated heterocycles. The van der Waals surface area contributed by atoms with Gasteiger partial charge in [0.05, 0.1) is 38.3 Å². The number of anilines is 2. The zero-order chi connectivity index (χ0) is 19.0. The Morgan fingerprint density at radius 1 is 1.04 bits per heavy atom. The maximum Gasteiger partial charge on any atom is 0.292 e. The van der Waals surface area contributed by atoms with E-state index in [1.165, 1.54) is 9.80 Å². The molecule has 0 aromatic heterocycles. The molecular weight excluding hydrogens is 362 g/mol. The molecule has 1 N–H and O–H groups in total. The average molecular weight is 385 g/mol. The molecule has 2 aromatic rings. The second-order valence-electron chi connectivity index (χ2n) is 7.24. The lowest BCUT2D eigenvalue weighted by Gasteiger charge is -2.35. The number of aryl methyl sites for hydroxylation is 1. The molecule has 0 aliphatic carbocycles. The number of benzene rings is 2. The molecule has 2 amide bonds.